The molecule has 0 unspecified atom stereocenters. The molecule has 0 heterocycles. The average molecular weight is 533 g/mol. The van der Waals surface area contributed by atoms with E-state index in [1.165, 1.54) is 180 Å². The largest absolute Gasteiger partial charge is 0.393 e. The molecule has 0 amide bonds. The van der Waals surface area contributed by atoms with Crippen LogP contribution in [0.1, 0.15) is 206 Å². The lowest BCUT2D eigenvalue weighted by atomic mass is 10.0. The van der Waals surface area contributed by atoms with Crippen molar-refractivity contribution in [2.45, 2.75) is 213 Å². The van der Waals surface area contributed by atoms with Gasteiger partial charge in [-0.05, 0) is 64.2 Å². The molecule has 0 rings (SSSR count). The normalized spacial score (nSPS) is 12.1. The minimum atomic E-state index is -0.0523. The van der Waals surface area contributed by atoms with E-state index in [-0.39, 0.29) is 6.10 Å². The van der Waals surface area contributed by atoms with Gasteiger partial charge in [-0.25, -0.2) is 0 Å². The average Bonchev–Trinajstić information content (AvgIpc) is 2.92. The van der Waals surface area contributed by atoms with Crippen molar-refractivity contribution >= 4 is 0 Å². The molecule has 1 N–H and O–H groups in total. The molecule has 0 atom stereocenters. The lowest BCUT2D eigenvalue weighted by Gasteiger charge is -2.10. The molecule has 0 radical (unpaired) electrons. The Kier molecular flexibility index (Phi) is 34.0. The molecule has 0 aliphatic rings. The van der Waals surface area contributed by atoms with Crippen molar-refractivity contribution in [2.24, 2.45) is 0 Å². The van der Waals surface area contributed by atoms with Crippen molar-refractivity contribution in [2.75, 3.05) is 0 Å². The van der Waals surface area contributed by atoms with Gasteiger partial charge in [0.1, 0.15) is 0 Å². The van der Waals surface area contributed by atoms with E-state index < -0.39 is 0 Å². The van der Waals surface area contributed by atoms with Gasteiger partial charge in [-0.1, -0.05) is 167 Å². The molecule has 38 heavy (non-hydrogen) atoms. The van der Waals surface area contributed by atoms with Gasteiger partial charge >= 0.3 is 0 Å². The zero-order valence-corrected chi connectivity index (χ0v) is 26.5. The van der Waals surface area contributed by atoms with E-state index >= 15 is 0 Å². The van der Waals surface area contributed by atoms with Gasteiger partial charge in [0.25, 0.3) is 0 Å². The molecule has 0 bridgehead atoms. The van der Waals surface area contributed by atoms with Crippen molar-refractivity contribution in [1.29, 1.82) is 0 Å². The molecule has 0 aromatic heterocycles. The minimum absolute atomic E-state index is 0.0523. The number of hydrogen-bond donors (Lipinski definition) is 1. The maximum Gasteiger partial charge on any atom is 0.0540 e. The van der Waals surface area contributed by atoms with Crippen LogP contribution in [0.25, 0.3) is 0 Å². The number of allylic oxidation sites excluding steroid dienone is 4. The van der Waals surface area contributed by atoms with Crippen molar-refractivity contribution in [1.82, 2.24) is 0 Å². The van der Waals surface area contributed by atoms with Crippen LogP contribution in [0, 0.1) is 0 Å². The summed E-state index contributed by atoms with van der Waals surface area (Å²) >= 11 is 0. The molecule has 0 spiro atoms. The van der Waals surface area contributed by atoms with Crippen LogP contribution in [0.15, 0.2) is 24.3 Å². The van der Waals surface area contributed by atoms with E-state index in [2.05, 4.69) is 38.2 Å². The lowest BCUT2D eigenvalue weighted by Crippen LogP contribution is -2.05. The SMILES string of the molecule is CCCCCCCC/C=C/CCCCCCCCC(O)CCCCCCCC/C=C/CCCCCCCC. The van der Waals surface area contributed by atoms with E-state index in [4.69, 9.17) is 0 Å². The third-order valence-electron chi connectivity index (χ3n) is 8.10. The molecule has 0 aromatic rings. The highest BCUT2D eigenvalue weighted by molar-refractivity contribution is 4.82. The molecule has 0 aliphatic heterocycles. The van der Waals surface area contributed by atoms with Crippen LogP contribution in [0.4, 0.5) is 0 Å². The van der Waals surface area contributed by atoms with Crippen LogP contribution in [0.5, 0.6) is 0 Å². The number of rotatable bonds is 32. The molecule has 1 heteroatoms. The first-order chi connectivity index (χ1) is 18.8. The van der Waals surface area contributed by atoms with E-state index in [9.17, 15) is 5.11 Å². The molecular weight excluding hydrogens is 460 g/mol. The Bertz CT molecular complexity index is 423. The highest BCUT2D eigenvalue weighted by atomic mass is 16.3. The maximum absolute atomic E-state index is 10.3. The predicted molar refractivity (Wildman–Crippen MR) is 174 cm³/mol. The highest BCUT2D eigenvalue weighted by Gasteiger charge is 2.03. The second-order valence-electron chi connectivity index (χ2n) is 12.1. The Balaban J connectivity index is 3.22. The van der Waals surface area contributed by atoms with Gasteiger partial charge in [-0.15, -0.1) is 0 Å². The molecule has 0 saturated heterocycles. The van der Waals surface area contributed by atoms with Crippen LogP contribution in [-0.2, 0) is 0 Å². The summed E-state index contributed by atoms with van der Waals surface area (Å²) in [6, 6.07) is 0. The molecule has 0 aromatic carbocycles. The molecule has 226 valence electrons. The molecule has 0 fully saturated rings. The molecule has 0 aliphatic carbocycles. The fourth-order valence-electron chi connectivity index (χ4n) is 5.40. The topological polar surface area (TPSA) is 20.2 Å². The molecular formula is C37H72O. The van der Waals surface area contributed by atoms with Crippen molar-refractivity contribution < 1.29 is 5.11 Å². The lowest BCUT2D eigenvalue weighted by molar-refractivity contribution is 0.147. The summed E-state index contributed by atoms with van der Waals surface area (Å²) in [4.78, 5) is 0. The van der Waals surface area contributed by atoms with Gasteiger partial charge in [-0.2, -0.15) is 0 Å². The first kappa shape index (κ1) is 37.4. The second-order valence-corrected chi connectivity index (χ2v) is 12.1. The summed E-state index contributed by atoms with van der Waals surface area (Å²) in [6.45, 7) is 4.57. The standard InChI is InChI=1S/C37H72O/c1-3-5-7-9-11-13-15-17-19-21-23-25-27-29-31-33-35-37(38)36-34-32-30-28-26-24-22-20-18-16-14-12-10-8-6-4-2/h17-20,37-38H,3-16,21-36H2,1-2H3/b19-17+,20-18+. The summed E-state index contributed by atoms with van der Waals surface area (Å²) in [7, 11) is 0. The minimum Gasteiger partial charge on any atom is -0.393 e. The summed E-state index contributed by atoms with van der Waals surface area (Å²) in [5, 5.41) is 10.3. The molecule has 0 saturated carbocycles. The Hall–Kier alpha value is -0.560. The number of aliphatic hydroxyl groups excluding tert-OH is 1. The third-order valence-corrected chi connectivity index (χ3v) is 8.10. The van der Waals surface area contributed by atoms with Crippen LogP contribution in [0.3, 0.4) is 0 Å². The van der Waals surface area contributed by atoms with E-state index in [0.29, 0.717) is 0 Å². The smallest absolute Gasteiger partial charge is 0.0540 e. The van der Waals surface area contributed by atoms with Gasteiger partial charge in [0.05, 0.1) is 6.10 Å². The Morgan fingerprint density at radius 3 is 0.868 bits per heavy atom. The van der Waals surface area contributed by atoms with Gasteiger partial charge in [0, 0.05) is 0 Å². The first-order valence-electron chi connectivity index (χ1n) is 17.8. The highest BCUT2D eigenvalue weighted by Crippen LogP contribution is 2.15. The maximum atomic E-state index is 10.3. The zero-order chi connectivity index (χ0) is 27.6. The quantitative estimate of drug-likeness (QED) is 0.0674. The van der Waals surface area contributed by atoms with Crippen LogP contribution < -0.4 is 0 Å². The fourth-order valence-corrected chi connectivity index (χ4v) is 5.40. The number of aliphatic hydroxyl groups is 1. The van der Waals surface area contributed by atoms with Gasteiger partial charge < -0.3 is 5.11 Å². The summed E-state index contributed by atoms with van der Waals surface area (Å²) in [6.07, 6.45) is 49.5. The van der Waals surface area contributed by atoms with Gasteiger partial charge in [0.2, 0.25) is 0 Å². The van der Waals surface area contributed by atoms with Gasteiger partial charge in [0.15, 0.2) is 0 Å². The van der Waals surface area contributed by atoms with Crippen LogP contribution >= 0.6 is 0 Å². The Morgan fingerprint density at radius 2 is 0.579 bits per heavy atom. The fraction of sp³-hybridized carbons (Fsp3) is 0.892. The Morgan fingerprint density at radius 1 is 0.342 bits per heavy atom. The monoisotopic (exact) mass is 533 g/mol. The summed E-state index contributed by atoms with van der Waals surface area (Å²) < 4.78 is 0. The second kappa shape index (κ2) is 34.5. The van der Waals surface area contributed by atoms with Crippen molar-refractivity contribution in [3.05, 3.63) is 24.3 Å². The molecule has 1 nitrogen and oxygen atoms in total. The summed E-state index contributed by atoms with van der Waals surface area (Å²) in [5.74, 6) is 0. The Labute approximate surface area is 241 Å². The zero-order valence-electron chi connectivity index (χ0n) is 26.5. The first-order valence-corrected chi connectivity index (χ1v) is 17.8. The number of unbranched alkanes of at least 4 members (excludes halogenated alkanes) is 24. The van der Waals surface area contributed by atoms with Crippen LogP contribution in [0.2, 0.25) is 0 Å². The van der Waals surface area contributed by atoms with E-state index in [0.717, 1.165) is 12.8 Å². The summed E-state index contributed by atoms with van der Waals surface area (Å²) in [5.41, 5.74) is 0. The number of hydrogen-bond acceptors (Lipinski definition) is 1. The predicted octanol–water partition coefficient (Wildman–Crippen LogP) is 13.2. The van der Waals surface area contributed by atoms with E-state index in [1.807, 2.05) is 0 Å². The van der Waals surface area contributed by atoms with Gasteiger partial charge in [-0.3, -0.25) is 0 Å². The van der Waals surface area contributed by atoms with E-state index in [1.54, 1.807) is 0 Å². The van der Waals surface area contributed by atoms with Crippen molar-refractivity contribution in [3.8, 4) is 0 Å². The third kappa shape index (κ3) is 33.5. The van der Waals surface area contributed by atoms with Crippen LogP contribution in [-0.4, -0.2) is 11.2 Å². The van der Waals surface area contributed by atoms with Crippen molar-refractivity contribution in [3.63, 3.8) is 0 Å².